The Kier molecular flexibility index (Phi) is 13.7. The van der Waals surface area contributed by atoms with E-state index in [2.05, 4.69) is 32.3 Å². The van der Waals surface area contributed by atoms with E-state index in [-0.39, 0.29) is 30.5 Å². The van der Waals surface area contributed by atoms with Gasteiger partial charge in [0.2, 0.25) is 0 Å². The monoisotopic (exact) mass is 479 g/mol. The highest BCUT2D eigenvalue weighted by Crippen LogP contribution is 2.18. The minimum absolute atomic E-state index is 0. The maximum atomic E-state index is 12.2. The van der Waals surface area contributed by atoms with Crippen molar-refractivity contribution in [1.29, 1.82) is 0 Å². The van der Waals surface area contributed by atoms with E-state index < -0.39 is 12.6 Å². The third-order valence-corrected chi connectivity index (χ3v) is 4.11. The Morgan fingerprint density at radius 1 is 1.00 bits per heavy atom. The summed E-state index contributed by atoms with van der Waals surface area (Å²) in [7, 11) is 0. The number of alkyl halides is 3. The molecule has 1 saturated heterocycles. The molecule has 0 bridgehead atoms. The molecule has 1 heterocycles. The highest BCUT2D eigenvalue weighted by Gasteiger charge is 2.26. The number of hydrogen-bond acceptors (Lipinski definition) is 3. The van der Waals surface area contributed by atoms with E-state index in [9.17, 15) is 13.2 Å². The molecule has 0 saturated carbocycles. The molecule has 0 unspecified atom stereocenters. The van der Waals surface area contributed by atoms with Crippen LogP contribution in [-0.2, 0) is 0 Å². The van der Waals surface area contributed by atoms with Crippen LogP contribution in [0, 0.1) is 0 Å². The second-order valence-corrected chi connectivity index (χ2v) is 6.04. The lowest BCUT2D eigenvalue weighted by Crippen LogP contribution is -2.46. The first kappa shape index (κ1) is 24.7. The fourth-order valence-electron chi connectivity index (χ4n) is 2.63. The second kappa shape index (κ2) is 13.9. The molecule has 0 aromatic rings. The van der Waals surface area contributed by atoms with E-state index in [1.165, 1.54) is 0 Å². The lowest BCUT2D eigenvalue weighted by atomic mass is 10.2. The smallest absolute Gasteiger partial charge is 0.357 e. The molecule has 0 atom stereocenters. The van der Waals surface area contributed by atoms with E-state index in [1.807, 2.05) is 6.92 Å². The van der Waals surface area contributed by atoms with Crippen LogP contribution in [0.25, 0.3) is 0 Å². The van der Waals surface area contributed by atoms with Crippen molar-refractivity contribution in [3.63, 3.8) is 0 Å². The number of nitrogens with one attached hydrogen (secondary N) is 2. The van der Waals surface area contributed by atoms with Crippen LogP contribution < -0.4 is 10.6 Å². The fraction of sp³-hybridized carbons (Fsp3) is 0.938. The van der Waals surface area contributed by atoms with E-state index >= 15 is 0 Å². The molecule has 150 valence electrons. The zero-order valence-electron chi connectivity index (χ0n) is 15.4. The van der Waals surface area contributed by atoms with Crippen LogP contribution in [0.15, 0.2) is 4.99 Å². The molecule has 5 nitrogen and oxygen atoms in total. The average molecular weight is 479 g/mol. The predicted octanol–water partition coefficient (Wildman–Crippen LogP) is 2.53. The van der Waals surface area contributed by atoms with Crippen molar-refractivity contribution in [2.45, 2.75) is 39.3 Å². The van der Waals surface area contributed by atoms with Gasteiger partial charge in [-0.1, -0.05) is 6.92 Å². The van der Waals surface area contributed by atoms with Crippen molar-refractivity contribution < 1.29 is 13.2 Å². The van der Waals surface area contributed by atoms with Crippen LogP contribution in [-0.4, -0.2) is 80.8 Å². The molecule has 2 N–H and O–H groups in total. The summed E-state index contributed by atoms with van der Waals surface area (Å²) in [4.78, 5) is 9.27. The van der Waals surface area contributed by atoms with Crippen LogP contribution >= 0.6 is 24.0 Å². The molecule has 1 aliphatic rings. The highest BCUT2D eigenvalue weighted by molar-refractivity contribution is 14.0. The van der Waals surface area contributed by atoms with Gasteiger partial charge in [0.1, 0.15) is 0 Å². The quantitative estimate of drug-likeness (QED) is 0.231. The molecule has 0 radical (unpaired) electrons. The predicted molar refractivity (Wildman–Crippen MR) is 108 cm³/mol. The summed E-state index contributed by atoms with van der Waals surface area (Å²) in [5.41, 5.74) is 0. The average Bonchev–Trinajstić information content (AvgIpc) is 2.54. The van der Waals surface area contributed by atoms with Gasteiger partial charge in [-0.15, -0.1) is 24.0 Å². The number of halogens is 4. The molecule has 0 aliphatic carbocycles. The summed E-state index contributed by atoms with van der Waals surface area (Å²) in [5, 5.41) is 5.71. The number of aliphatic imine (C=N–C) groups is 1. The van der Waals surface area contributed by atoms with E-state index in [0.29, 0.717) is 19.0 Å². The van der Waals surface area contributed by atoms with Crippen molar-refractivity contribution in [3.8, 4) is 0 Å². The van der Waals surface area contributed by atoms with Gasteiger partial charge >= 0.3 is 6.18 Å². The van der Waals surface area contributed by atoms with Crippen LogP contribution in [0.2, 0.25) is 0 Å². The van der Waals surface area contributed by atoms with Gasteiger partial charge in [0, 0.05) is 45.8 Å². The van der Waals surface area contributed by atoms with Gasteiger partial charge in [0.15, 0.2) is 5.96 Å². The van der Waals surface area contributed by atoms with Crippen molar-refractivity contribution in [1.82, 2.24) is 20.4 Å². The van der Waals surface area contributed by atoms with Gasteiger partial charge < -0.3 is 20.4 Å². The van der Waals surface area contributed by atoms with Gasteiger partial charge in [-0.3, -0.25) is 4.99 Å². The Bertz CT molecular complexity index is 358. The SMILES string of the molecule is CCNC(=NCCCCN1CCN(CC)CC1)NCCC(F)(F)F.I. The lowest BCUT2D eigenvalue weighted by Gasteiger charge is -2.33. The maximum absolute atomic E-state index is 12.2. The number of likely N-dealkylation sites (N-methyl/N-ethyl adjacent to an activating group) is 1. The number of guanidine groups is 1. The zero-order valence-corrected chi connectivity index (χ0v) is 17.7. The molecule has 0 aromatic heterocycles. The van der Waals surface area contributed by atoms with Crippen LogP contribution in [0.1, 0.15) is 33.1 Å². The standard InChI is InChI=1S/C16H32F3N5.HI/c1-3-20-15(22-9-7-16(17,18)19)21-8-5-6-10-24-13-11-23(4-2)12-14-24;/h3-14H2,1-2H3,(H2,20,21,22);1H. The van der Waals surface area contributed by atoms with E-state index in [0.717, 1.165) is 52.1 Å². The largest absolute Gasteiger partial charge is 0.390 e. The number of nitrogens with zero attached hydrogens (tertiary/aromatic N) is 3. The van der Waals surface area contributed by atoms with Crippen molar-refractivity contribution in [2.24, 2.45) is 4.99 Å². The molecular weight excluding hydrogens is 446 g/mol. The number of hydrogen-bond donors (Lipinski definition) is 2. The second-order valence-electron chi connectivity index (χ2n) is 6.04. The van der Waals surface area contributed by atoms with Crippen molar-refractivity contribution >= 4 is 29.9 Å². The number of rotatable bonds is 9. The molecule has 0 aromatic carbocycles. The fourth-order valence-corrected chi connectivity index (χ4v) is 2.63. The molecule has 1 fully saturated rings. The van der Waals surface area contributed by atoms with Gasteiger partial charge in [-0.05, 0) is 32.9 Å². The Labute approximate surface area is 166 Å². The summed E-state index contributed by atoms with van der Waals surface area (Å²) in [6.45, 7) is 12.0. The van der Waals surface area contributed by atoms with Gasteiger partial charge in [-0.25, -0.2) is 0 Å². The van der Waals surface area contributed by atoms with Crippen molar-refractivity contribution in [3.05, 3.63) is 0 Å². The third kappa shape index (κ3) is 12.7. The van der Waals surface area contributed by atoms with E-state index in [4.69, 9.17) is 0 Å². The minimum atomic E-state index is -4.13. The summed E-state index contributed by atoms with van der Waals surface area (Å²) in [6.07, 6.45) is -2.96. The molecule has 9 heteroatoms. The first-order chi connectivity index (χ1) is 11.4. The Hall–Kier alpha value is -0.290. The maximum Gasteiger partial charge on any atom is 0.390 e. The Morgan fingerprint density at radius 3 is 2.20 bits per heavy atom. The van der Waals surface area contributed by atoms with Gasteiger partial charge in [-0.2, -0.15) is 13.2 Å². The summed E-state index contributed by atoms with van der Waals surface area (Å²) in [5.74, 6) is 0.471. The molecular formula is C16H33F3IN5. The van der Waals surface area contributed by atoms with Crippen LogP contribution in [0.5, 0.6) is 0 Å². The Balaban J connectivity index is 0.00000576. The zero-order chi connectivity index (χ0) is 17.8. The Morgan fingerprint density at radius 2 is 1.64 bits per heavy atom. The summed E-state index contributed by atoms with van der Waals surface area (Å²) < 4.78 is 36.5. The van der Waals surface area contributed by atoms with Gasteiger partial charge in [0.05, 0.1) is 6.42 Å². The van der Waals surface area contributed by atoms with E-state index in [1.54, 1.807) is 0 Å². The summed E-state index contributed by atoms with van der Waals surface area (Å²) >= 11 is 0. The first-order valence-electron chi connectivity index (χ1n) is 8.98. The van der Waals surface area contributed by atoms with Crippen LogP contribution in [0.3, 0.4) is 0 Å². The van der Waals surface area contributed by atoms with Gasteiger partial charge in [0.25, 0.3) is 0 Å². The van der Waals surface area contributed by atoms with Crippen molar-refractivity contribution in [2.75, 3.05) is 58.9 Å². The molecule has 1 rings (SSSR count). The number of unbranched alkanes of at least 4 members (excludes halogenated alkanes) is 1. The molecule has 0 amide bonds. The lowest BCUT2D eigenvalue weighted by molar-refractivity contribution is -0.132. The molecule has 1 aliphatic heterocycles. The topological polar surface area (TPSA) is 42.9 Å². The first-order valence-corrected chi connectivity index (χ1v) is 8.98. The highest BCUT2D eigenvalue weighted by atomic mass is 127. The van der Waals surface area contributed by atoms with Crippen LogP contribution in [0.4, 0.5) is 13.2 Å². The summed E-state index contributed by atoms with van der Waals surface area (Å²) in [6, 6.07) is 0. The molecule has 25 heavy (non-hydrogen) atoms. The number of piperazine rings is 1. The third-order valence-electron chi connectivity index (χ3n) is 4.11. The minimum Gasteiger partial charge on any atom is -0.357 e. The molecule has 0 spiro atoms. The normalized spacial score (nSPS) is 17.2.